The van der Waals surface area contributed by atoms with Crippen LogP contribution in [0.25, 0.3) is 0 Å². The molecule has 148 valence electrons. The predicted molar refractivity (Wildman–Crippen MR) is 110 cm³/mol. The minimum Gasteiger partial charge on any atom is -0.491 e. The smallest absolute Gasteiger partial charge is 0.225 e. The molecule has 0 aliphatic carbocycles. The summed E-state index contributed by atoms with van der Waals surface area (Å²) < 4.78 is 5.84. The normalized spacial score (nSPS) is 13.5. The zero-order chi connectivity index (χ0) is 20.3. The van der Waals surface area contributed by atoms with Crippen molar-refractivity contribution >= 4 is 17.5 Å². The number of benzene rings is 2. The molecular formula is C23H28N2O3. The lowest BCUT2D eigenvalue weighted by Crippen LogP contribution is -2.35. The number of hydrogen-bond donors (Lipinski definition) is 0. The molecule has 2 aromatic rings. The van der Waals surface area contributed by atoms with Crippen LogP contribution < -0.4 is 9.64 Å². The predicted octanol–water partition coefficient (Wildman–Crippen LogP) is 3.93. The summed E-state index contributed by atoms with van der Waals surface area (Å²) in [5.41, 5.74) is 4.03. The number of ether oxygens (including phenoxy) is 1. The summed E-state index contributed by atoms with van der Waals surface area (Å²) in [6.45, 7) is 9.52. The standard InChI is InChI=1S/C23H28N2O3/c1-16(2)23(27)24-11-12-28-22-10-7-19(13-20(22)15-24)14-25(18(4)26)21-8-5-17(3)6-9-21/h5-10,13,16H,11-12,14-15H2,1-4H3. The Labute approximate surface area is 166 Å². The molecule has 0 saturated carbocycles. The van der Waals surface area contributed by atoms with Crippen molar-refractivity contribution in [3.05, 3.63) is 59.2 Å². The van der Waals surface area contributed by atoms with Gasteiger partial charge in [-0.3, -0.25) is 9.59 Å². The minimum absolute atomic E-state index is 0.00772. The summed E-state index contributed by atoms with van der Waals surface area (Å²) in [6.07, 6.45) is 0. The van der Waals surface area contributed by atoms with E-state index in [1.165, 1.54) is 0 Å². The first-order valence-electron chi connectivity index (χ1n) is 9.73. The van der Waals surface area contributed by atoms with Crippen molar-refractivity contribution in [1.82, 2.24) is 4.90 Å². The maximum atomic E-state index is 12.4. The number of anilines is 1. The Morgan fingerprint density at radius 3 is 2.50 bits per heavy atom. The Morgan fingerprint density at radius 2 is 1.86 bits per heavy atom. The van der Waals surface area contributed by atoms with Crippen molar-refractivity contribution in [2.45, 2.75) is 40.8 Å². The van der Waals surface area contributed by atoms with Crippen LogP contribution in [-0.4, -0.2) is 29.9 Å². The van der Waals surface area contributed by atoms with Crippen LogP contribution in [0.4, 0.5) is 5.69 Å². The molecule has 0 fully saturated rings. The van der Waals surface area contributed by atoms with E-state index >= 15 is 0 Å². The third-order valence-electron chi connectivity index (χ3n) is 4.98. The molecule has 0 N–H and O–H groups in total. The van der Waals surface area contributed by atoms with Crippen LogP contribution in [0, 0.1) is 12.8 Å². The number of amides is 2. The van der Waals surface area contributed by atoms with E-state index in [1.807, 2.05) is 68.1 Å². The number of aryl methyl sites for hydroxylation is 1. The van der Waals surface area contributed by atoms with Gasteiger partial charge in [-0.2, -0.15) is 0 Å². The van der Waals surface area contributed by atoms with Gasteiger partial charge in [0.05, 0.1) is 13.1 Å². The van der Waals surface area contributed by atoms with Gasteiger partial charge >= 0.3 is 0 Å². The number of carbonyl (C=O) groups is 2. The molecule has 3 rings (SSSR count). The molecule has 0 radical (unpaired) electrons. The maximum absolute atomic E-state index is 12.4. The maximum Gasteiger partial charge on any atom is 0.225 e. The van der Waals surface area contributed by atoms with E-state index in [4.69, 9.17) is 4.74 Å². The molecule has 1 aliphatic heterocycles. The zero-order valence-corrected chi connectivity index (χ0v) is 17.1. The van der Waals surface area contributed by atoms with Crippen LogP contribution in [0.5, 0.6) is 5.75 Å². The average molecular weight is 380 g/mol. The summed E-state index contributed by atoms with van der Waals surface area (Å²) in [7, 11) is 0. The van der Waals surface area contributed by atoms with Crippen LogP contribution in [0.15, 0.2) is 42.5 Å². The van der Waals surface area contributed by atoms with Gasteiger partial charge in [-0.25, -0.2) is 0 Å². The number of carbonyl (C=O) groups excluding carboxylic acids is 2. The van der Waals surface area contributed by atoms with Gasteiger partial charge in [-0.15, -0.1) is 0 Å². The Balaban J connectivity index is 1.84. The lowest BCUT2D eigenvalue weighted by molar-refractivity contribution is -0.135. The third kappa shape index (κ3) is 4.53. The van der Waals surface area contributed by atoms with E-state index in [-0.39, 0.29) is 17.7 Å². The highest BCUT2D eigenvalue weighted by Crippen LogP contribution is 2.27. The monoisotopic (exact) mass is 380 g/mol. The molecule has 5 nitrogen and oxygen atoms in total. The van der Waals surface area contributed by atoms with E-state index < -0.39 is 0 Å². The van der Waals surface area contributed by atoms with Gasteiger partial charge in [-0.1, -0.05) is 37.6 Å². The lowest BCUT2D eigenvalue weighted by atomic mass is 10.1. The van der Waals surface area contributed by atoms with E-state index in [2.05, 4.69) is 0 Å². The van der Waals surface area contributed by atoms with Crippen LogP contribution >= 0.6 is 0 Å². The number of fused-ring (bicyclic) bond motifs is 1. The lowest BCUT2D eigenvalue weighted by Gasteiger charge is -2.23. The van der Waals surface area contributed by atoms with Crippen molar-refractivity contribution in [2.75, 3.05) is 18.1 Å². The molecule has 0 saturated heterocycles. The topological polar surface area (TPSA) is 49.9 Å². The van der Waals surface area contributed by atoms with Crippen LogP contribution in [0.2, 0.25) is 0 Å². The largest absolute Gasteiger partial charge is 0.491 e. The molecule has 1 heterocycles. The Kier molecular flexibility index (Phi) is 6.02. The second-order valence-electron chi connectivity index (χ2n) is 7.65. The van der Waals surface area contributed by atoms with Gasteiger partial charge in [0.1, 0.15) is 12.4 Å². The van der Waals surface area contributed by atoms with E-state index in [9.17, 15) is 9.59 Å². The Morgan fingerprint density at radius 1 is 1.14 bits per heavy atom. The minimum atomic E-state index is -0.0422. The van der Waals surface area contributed by atoms with Gasteiger partial charge in [0.25, 0.3) is 0 Å². The summed E-state index contributed by atoms with van der Waals surface area (Å²) in [4.78, 5) is 28.3. The highest BCUT2D eigenvalue weighted by atomic mass is 16.5. The van der Waals surface area contributed by atoms with E-state index in [1.54, 1.807) is 11.8 Å². The van der Waals surface area contributed by atoms with Crippen LogP contribution in [-0.2, 0) is 22.7 Å². The first-order chi connectivity index (χ1) is 13.3. The molecule has 1 aliphatic rings. The molecule has 0 unspecified atom stereocenters. The second kappa shape index (κ2) is 8.46. The number of nitrogens with zero attached hydrogens (tertiary/aromatic N) is 2. The van der Waals surface area contributed by atoms with Crippen molar-refractivity contribution in [2.24, 2.45) is 5.92 Å². The van der Waals surface area contributed by atoms with Crippen molar-refractivity contribution in [3.8, 4) is 5.75 Å². The molecule has 0 aromatic heterocycles. The SMILES string of the molecule is CC(=O)N(Cc1ccc2c(c1)CN(C(=O)C(C)C)CCO2)c1ccc(C)cc1. The highest BCUT2D eigenvalue weighted by Gasteiger charge is 2.22. The van der Waals surface area contributed by atoms with Crippen LogP contribution in [0.1, 0.15) is 37.5 Å². The highest BCUT2D eigenvalue weighted by molar-refractivity contribution is 5.91. The first kappa shape index (κ1) is 19.9. The van der Waals surface area contributed by atoms with Crippen molar-refractivity contribution < 1.29 is 14.3 Å². The van der Waals surface area contributed by atoms with E-state index in [0.29, 0.717) is 26.2 Å². The third-order valence-corrected chi connectivity index (χ3v) is 4.98. The molecule has 2 aromatic carbocycles. The fraction of sp³-hybridized carbons (Fsp3) is 0.391. The molecule has 0 bridgehead atoms. The molecule has 5 heteroatoms. The van der Waals surface area contributed by atoms with Crippen molar-refractivity contribution in [1.29, 1.82) is 0 Å². The summed E-state index contributed by atoms with van der Waals surface area (Å²) in [5.74, 6) is 0.894. The fourth-order valence-corrected chi connectivity index (χ4v) is 3.39. The fourth-order valence-electron chi connectivity index (χ4n) is 3.39. The number of hydrogen-bond acceptors (Lipinski definition) is 3. The molecule has 0 atom stereocenters. The molecule has 0 spiro atoms. The summed E-state index contributed by atoms with van der Waals surface area (Å²) >= 11 is 0. The van der Waals surface area contributed by atoms with Gasteiger partial charge in [0.2, 0.25) is 11.8 Å². The first-order valence-corrected chi connectivity index (χ1v) is 9.73. The molecule has 28 heavy (non-hydrogen) atoms. The van der Waals surface area contributed by atoms with E-state index in [0.717, 1.165) is 28.1 Å². The van der Waals surface area contributed by atoms with Gasteiger partial charge in [0.15, 0.2) is 0 Å². The summed E-state index contributed by atoms with van der Waals surface area (Å²) in [5, 5.41) is 0. The Bertz CT molecular complexity index is 859. The quantitative estimate of drug-likeness (QED) is 0.808. The average Bonchev–Trinajstić information content (AvgIpc) is 2.88. The second-order valence-corrected chi connectivity index (χ2v) is 7.65. The van der Waals surface area contributed by atoms with Crippen LogP contribution in [0.3, 0.4) is 0 Å². The molecule has 2 amide bonds. The van der Waals surface area contributed by atoms with Gasteiger partial charge < -0.3 is 14.5 Å². The number of rotatable bonds is 4. The Hall–Kier alpha value is -2.82. The van der Waals surface area contributed by atoms with Gasteiger partial charge in [0, 0.05) is 30.6 Å². The van der Waals surface area contributed by atoms with Crippen molar-refractivity contribution in [3.63, 3.8) is 0 Å². The molecular weight excluding hydrogens is 352 g/mol. The summed E-state index contributed by atoms with van der Waals surface area (Å²) in [6, 6.07) is 13.9. The zero-order valence-electron chi connectivity index (χ0n) is 17.1. The van der Waals surface area contributed by atoms with Gasteiger partial charge in [-0.05, 0) is 36.8 Å².